The molecular formula is C16H20BrNO5. The number of benzene rings is 1. The monoisotopic (exact) mass is 385 g/mol. The molecular weight excluding hydrogens is 366 g/mol. The molecule has 0 unspecified atom stereocenters. The number of fused-ring (bicyclic) bond motifs is 1. The molecule has 2 rings (SSSR count). The number of hydrogen-bond donors (Lipinski definition) is 0. The second kappa shape index (κ2) is 8.76. The first-order valence-corrected chi connectivity index (χ1v) is 8.69. The number of carbonyl (C=O) groups is 2. The molecule has 0 saturated heterocycles. The second-order valence-corrected chi connectivity index (χ2v) is 5.74. The highest BCUT2D eigenvalue weighted by Gasteiger charge is 2.28. The molecule has 1 aliphatic rings. The summed E-state index contributed by atoms with van der Waals surface area (Å²) in [6, 6.07) is 5.27. The number of nitrogens with zero attached hydrogens (tertiary/aromatic N) is 1. The molecule has 0 fully saturated rings. The Labute approximate surface area is 143 Å². The summed E-state index contributed by atoms with van der Waals surface area (Å²) >= 11 is 3.38. The maximum atomic E-state index is 12.1. The van der Waals surface area contributed by atoms with Gasteiger partial charge in [0, 0.05) is 11.4 Å². The van der Waals surface area contributed by atoms with Crippen molar-refractivity contribution in [1.29, 1.82) is 0 Å². The number of unbranched alkanes of at least 4 members (excludes halogenated alkanes) is 1. The molecule has 0 aromatic heterocycles. The number of alkyl halides is 1. The number of esters is 1. The number of ether oxygens (including phenoxy) is 3. The first-order valence-electron chi connectivity index (χ1n) is 7.57. The van der Waals surface area contributed by atoms with Gasteiger partial charge in [0.1, 0.15) is 18.0 Å². The van der Waals surface area contributed by atoms with Crippen molar-refractivity contribution in [3.8, 4) is 11.5 Å². The molecule has 0 saturated carbocycles. The Kier molecular flexibility index (Phi) is 6.70. The van der Waals surface area contributed by atoms with Crippen molar-refractivity contribution in [3.63, 3.8) is 0 Å². The predicted octanol–water partition coefficient (Wildman–Crippen LogP) is 2.53. The average Bonchev–Trinajstić information content (AvgIpc) is 2.54. The van der Waals surface area contributed by atoms with Gasteiger partial charge in [-0.25, -0.2) is 0 Å². The number of carbonyl (C=O) groups excluding carboxylic acids is 2. The van der Waals surface area contributed by atoms with Crippen molar-refractivity contribution in [2.45, 2.75) is 19.8 Å². The number of amides is 1. The molecule has 126 valence electrons. The molecule has 0 N–H and O–H groups in total. The van der Waals surface area contributed by atoms with Gasteiger partial charge in [-0.2, -0.15) is 0 Å². The Bertz CT molecular complexity index is 563. The molecule has 0 aliphatic carbocycles. The highest BCUT2D eigenvalue weighted by molar-refractivity contribution is 9.09. The van der Waals surface area contributed by atoms with Gasteiger partial charge in [-0.3, -0.25) is 14.5 Å². The van der Waals surface area contributed by atoms with Crippen LogP contribution in [0.5, 0.6) is 11.5 Å². The number of rotatable bonds is 8. The zero-order valence-corrected chi connectivity index (χ0v) is 14.6. The van der Waals surface area contributed by atoms with E-state index in [0.717, 1.165) is 18.2 Å². The van der Waals surface area contributed by atoms with Gasteiger partial charge in [-0.05, 0) is 31.9 Å². The lowest BCUT2D eigenvalue weighted by Crippen LogP contribution is -2.42. The third-order valence-corrected chi connectivity index (χ3v) is 3.82. The molecule has 23 heavy (non-hydrogen) atoms. The van der Waals surface area contributed by atoms with Crippen LogP contribution in [0.25, 0.3) is 0 Å². The van der Waals surface area contributed by atoms with Crippen LogP contribution in [-0.2, 0) is 14.3 Å². The number of halogens is 1. The first-order chi connectivity index (χ1) is 11.2. The van der Waals surface area contributed by atoms with E-state index in [1.165, 1.54) is 4.90 Å². The van der Waals surface area contributed by atoms with Gasteiger partial charge in [0.2, 0.25) is 0 Å². The summed E-state index contributed by atoms with van der Waals surface area (Å²) in [5.41, 5.74) is 0.535. The minimum Gasteiger partial charge on any atom is -0.494 e. The fourth-order valence-electron chi connectivity index (χ4n) is 2.17. The van der Waals surface area contributed by atoms with E-state index in [-0.39, 0.29) is 25.7 Å². The number of hydrogen-bond acceptors (Lipinski definition) is 5. The SMILES string of the molecule is CCOC(=O)CN1C(=O)COc2ccc(OCCCCBr)cc21. The lowest BCUT2D eigenvalue weighted by Gasteiger charge is -2.28. The zero-order valence-electron chi connectivity index (χ0n) is 13.0. The molecule has 1 amide bonds. The van der Waals surface area contributed by atoms with Crippen molar-refractivity contribution < 1.29 is 23.8 Å². The molecule has 7 heteroatoms. The van der Waals surface area contributed by atoms with Crippen LogP contribution in [-0.4, -0.2) is 43.6 Å². The molecule has 6 nitrogen and oxygen atoms in total. The largest absolute Gasteiger partial charge is 0.494 e. The Morgan fingerprint density at radius 2 is 2.22 bits per heavy atom. The summed E-state index contributed by atoms with van der Waals surface area (Å²) in [6.07, 6.45) is 1.96. The Balaban J connectivity index is 2.11. The van der Waals surface area contributed by atoms with Crippen LogP contribution in [0.15, 0.2) is 18.2 Å². The molecule has 0 atom stereocenters. The summed E-state index contributed by atoms with van der Waals surface area (Å²) in [6.45, 7) is 2.39. The van der Waals surface area contributed by atoms with Gasteiger partial charge in [-0.1, -0.05) is 15.9 Å². The van der Waals surface area contributed by atoms with Gasteiger partial charge in [0.05, 0.1) is 18.9 Å². The zero-order chi connectivity index (χ0) is 16.7. The Morgan fingerprint density at radius 3 is 2.96 bits per heavy atom. The van der Waals surface area contributed by atoms with E-state index in [9.17, 15) is 9.59 Å². The topological polar surface area (TPSA) is 65.1 Å². The van der Waals surface area contributed by atoms with Crippen LogP contribution >= 0.6 is 15.9 Å². The summed E-state index contributed by atoms with van der Waals surface area (Å²) in [4.78, 5) is 25.1. The van der Waals surface area contributed by atoms with E-state index in [1.54, 1.807) is 25.1 Å². The lowest BCUT2D eigenvalue weighted by molar-refractivity contribution is -0.142. The van der Waals surface area contributed by atoms with Crippen LogP contribution in [0, 0.1) is 0 Å². The minimum absolute atomic E-state index is 0.0855. The smallest absolute Gasteiger partial charge is 0.326 e. The van der Waals surface area contributed by atoms with Crippen LogP contribution in [0.3, 0.4) is 0 Å². The molecule has 1 aliphatic heterocycles. The van der Waals surface area contributed by atoms with Crippen molar-refractivity contribution in [2.24, 2.45) is 0 Å². The average molecular weight is 386 g/mol. The molecule has 0 radical (unpaired) electrons. The normalized spacial score (nSPS) is 13.3. The fourth-order valence-corrected chi connectivity index (χ4v) is 2.56. The highest BCUT2D eigenvalue weighted by Crippen LogP contribution is 2.35. The second-order valence-electron chi connectivity index (χ2n) is 4.95. The van der Waals surface area contributed by atoms with E-state index in [0.29, 0.717) is 23.8 Å². The molecule has 0 spiro atoms. The maximum Gasteiger partial charge on any atom is 0.326 e. The minimum atomic E-state index is -0.447. The standard InChI is InChI=1S/C16H20BrNO5/c1-2-21-16(20)10-18-13-9-12(22-8-4-3-7-17)5-6-14(13)23-11-15(18)19/h5-6,9H,2-4,7-8,10-11H2,1H3. The first kappa shape index (κ1) is 17.6. The quantitative estimate of drug-likeness (QED) is 0.390. The van der Waals surface area contributed by atoms with E-state index in [2.05, 4.69) is 15.9 Å². The van der Waals surface area contributed by atoms with Crippen molar-refractivity contribution in [2.75, 3.05) is 36.6 Å². The summed E-state index contributed by atoms with van der Waals surface area (Å²) < 4.78 is 16.0. The van der Waals surface area contributed by atoms with Gasteiger partial charge >= 0.3 is 5.97 Å². The molecule has 0 bridgehead atoms. The van der Waals surface area contributed by atoms with E-state index < -0.39 is 5.97 Å². The summed E-state index contributed by atoms with van der Waals surface area (Å²) in [5, 5.41) is 0.941. The predicted molar refractivity (Wildman–Crippen MR) is 89.4 cm³/mol. The van der Waals surface area contributed by atoms with Crippen LogP contribution < -0.4 is 14.4 Å². The fraction of sp³-hybridized carbons (Fsp3) is 0.500. The molecule has 1 heterocycles. The van der Waals surface area contributed by atoms with Gasteiger partial charge in [0.25, 0.3) is 5.91 Å². The summed E-state index contributed by atoms with van der Waals surface area (Å²) in [5.74, 6) is 0.478. The van der Waals surface area contributed by atoms with Gasteiger partial charge < -0.3 is 14.2 Å². The van der Waals surface area contributed by atoms with E-state index in [4.69, 9.17) is 14.2 Å². The maximum absolute atomic E-state index is 12.1. The van der Waals surface area contributed by atoms with Crippen LogP contribution in [0.1, 0.15) is 19.8 Å². The van der Waals surface area contributed by atoms with Crippen molar-refractivity contribution in [3.05, 3.63) is 18.2 Å². The Morgan fingerprint density at radius 1 is 1.39 bits per heavy atom. The highest BCUT2D eigenvalue weighted by atomic mass is 79.9. The van der Waals surface area contributed by atoms with Crippen LogP contribution in [0.4, 0.5) is 5.69 Å². The third kappa shape index (κ3) is 4.86. The van der Waals surface area contributed by atoms with E-state index in [1.807, 2.05) is 0 Å². The van der Waals surface area contributed by atoms with Crippen molar-refractivity contribution >= 4 is 33.5 Å². The third-order valence-electron chi connectivity index (χ3n) is 3.26. The van der Waals surface area contributed by atoms with E-state index >= 15 is 0 Å². The number of anilines is 1. The van der Waals surface area contributed by atoms with Gasteiger partial charge in [0.15, 0.2) is 6.61 Å². The summed E-state index contributed by atoms with van der Waals surface area (Å²) in [7, 11) is 0. The van der Waals surface area contributed by atoms with Crippen LogP contribution in [0.2, 0.25) is 0 Å². The Hall–Kier alpha value is -1.76. The molecule has 1 aromatic carbocycles. The van der Waals surface area contributed by atoms with Crippen molar-refractivity contribution in [1.82, 2.24) is 0 Å². The lowest BCUT2D eigenvalue weighted by atomic mass is 10.2. The van der Waals surface area contributed by atoms with Gasteiger partial charge in [-0.15, -0.1) is 0 Å². The molecule has 1 aromatic rings.